The van der Waals surface area contributed by atoms with Crippen LogP contribution in [-0.2, 0) is 0 Å². The molecule has 1 rings (SSSR count). The summed E-state index contributed by atoms with van der Waals surface area (Å²) in [7, 11) is 0. The minimum atomic E-state index is 0.583. The Morgan fingerprint density at radius 1 is 1.12 bits per heavy atom. The average molecular weight is 240 g/mol. The minimum absolute atomic E-state index is 0.583. The summed E-state index contributed by atoms with van der Waals surface area (Å²) >= 11 is 0. The summed E-state index contributed by atoms with van der Waals surface area (Å²) in [6, 6.07) is 0.616. The first-order valence-electron chi connectivity index (χ1n) is 7.60. The Hall–Kier alpha value is -0.0800. The van der Waals surface area contributed by atoms with Gasteiger partial charge in [-0.25, -0.2) is 0 Å². The Labute approximate surface area is 108 Å². The molecular formula is C15H32N2. The van der Waals surface area contributed by atoms with E-state index >= 15 is 0 Å². The largest absolute Gasteiger partial charge is 0.329 e. The molecule has 2 N–H and O–H groups in total. The standard InChI is InChI=1S/C15H32N2/c1-5-13(6-2)14(11-16)17-10-9-15(7-3,8-4)12-17/h13-14H,5-12,16H2,1-4H3. The quantitative estimate of drug-likeness (QED) is 0.740. The van der Waals surface area contributed by atoms with Gasteiger partial charge in [0.25, 0.3) is 0 Å². The molecule has 1 aliphatic rings. The molecule has 1 fully saturated rings. The molecule has 0 bridgehead atoms. The zero-order valence-electron chi connectivity index (χ0n) is 12.3. The van der Waals surface area contributed by atoms with Crippen molar-refractivity contribution in [1.82, 2.24) is 4.90 Å². The lowest BCUT2D eigenvalue weighted by Crippen LogP contribution is -2.45. The van der Waals surface area contributed by atoms with E-state index in [1.807, 2.05) is 0 Å². The summed E-state index contributed by atoms with van der Waals surface area (Å²) in [5.74, 6) is 0.782. The van der Waals surface area contributed by atoms with E-state index in [1.54, 1.807) is 0 Å². The molecule has 1 heterocycles. The van der Waals surface area contributed by atoms with Crippen molar-refractivity contribution in [2.45, 2.75) is 65.8 Å². The van der Waals surface area contributed by atoms with E-state index in [2.05, 4.69) is 32.6 Å². The molecule has 17 heavy (non-hydrogen) atoms. The van der Waals surface area contributed by atoms with Crippen molar-refractivity contribution in [2.24, 2.45) is 17.1 Å². The van der Waals surface area contributed by atoms with Crippen molar-refractivity contribution in [3.63, 3.8) is 0 Å². The van der Waals surface area contributed by atoms with Crippen LogP contribution in [0, 0.1) is 11.3 Å². The van der Waals surface area contributed by atoms with E-state index in [0.717, 1.165) is 12.5 Å². The Bertz CT molecular complexity index is 207. The van der Waals surface area contributed by atoms with Gasteiger partial charge in [-0.1, -0.05) is 40.5 Å². The van der Waals surface area contributed by atoms with Crippen molar-refractivity contribution in [1.29, 1.82) is 0 Å². The van der Waals surface area contributed by atoms with E-state index in [0.29, 0.717) is 11.5 Å². The van der Waals surface area contributed by atoms with E-state index in [1.165, 1.54) is 45.2 Å². The fourth-order valence-electron chi connectivity index (χ4n) is 3.55. The van der Waals surface area contributed by atoms with Crippen LogP contribution in [0.3, 0.4) is 0 Å². The number of likely N-dealkylation sites (tertiary alicyclic amines) is 1. The highest BCUT2D eigenvalue weighted by atomic mass is 15.2. The molecule has 1 atom stereocenters. The van der Waals surface area contributed by atoms with E-state index in [9.17, 15) is 0 Å². The third-order valence-corrected chi connectivity index (χ3v) is 5.27. The van der Waals surface area contributed by atoms with Gasteiger partial charge in [-0.15, -0.1) is 0 Å². The summed E-state index contributed by atoms with van der Waals surface area (Å²) in [6.45, 7) is 12.7. The highest BCUT2D eigenvalue weighted by Crippen LogP contribution is 2.38. The minimum Gasteiger partial charge on any atom is -0.329 e. The molecule has 0 aromatic heterocycles. The van der Waals surface area contributed by atoms with Crippen molar-refractivity contribution in [2.75, 3.05) is 19.6 Å². The van der Waals surface area contributed by atoms with Gasteiger partial charge in [-0.3, -0.25) is 4.90 Å². The van der Waals surface area contributed by atoms with E-state index in [4.69, 9.17) is 5.73 Å². The van der Waals surface area contributed by atoms with Crippen LogP contribution < -0.4 is 5.73 Å². The lowest BCUT2D eigenvalue weighted by atomic mass is 9.81. The predicted molar refractivity (Wildman–Crippen MR) is 76.1 cm³/mol. The lowest BCUT2D eigenvalue weighted by Gasteiger charge is -2.35. The predicted octanol–water partition coefficient (Wildman–Crippen LogP) is 3.26. The molecule has 0 saturated carbocycles. The molecule has 0 spiro atoms. The van der Waals surface area contributed by atoms with Crippen LogP contribution in [0.5, 0.6) is 0 Å². The van der Waals surface area contributed by atoms with Gasteiger partial charge in [0.2, 0.25) is 0 Å². The van der Waals surface area contributed by atoms with Gasteiger partial charge in [-0.2, -0.15) is 0 Å². The van der Waals surface area contributed by atoms with Gasteiger partial charge in [0.1, 0.15) is 0 Å². The van der Waals surface area contributed by atoms with Crippen molar-refractivity contribution >= 4 is 0 Å². The number of hydrogen-bond acceptors (Lipinski definition) is 2. The first-order valence-corrected chi connectivity index (χ1v) is 7.60. The third-order valence-electron chi connectivity index (χ3n) is 5.27. The summed E-state index contributed by atoms with van der Waals surface area (Å²) in [5, 5.41) is 0. The van der Waals surface area contributed by atoms with Gasteiger partial charge in [0.05, 0.1) is 0 Å². The Morgan fingerprint density at radius 2 is 1.71 bits per heavy atom. The first-order chi connectivity index (χ1) is 8.16. The maximum atomic E-state index is 6.03. The fourth-order valence-corrected chi connectivity index (χ4v) is 3.55. The molecule has 0 aromatic rings. The molecule has 2 heteroatoms. The maximum Gasteiger partial charge on any atom is 0.0246 e. The lowest BCUT2D eigenvalue weighted by molar-refractivity contribution is 0.145. The number of nitrogens with two attached hydrogens (primary N) is 1. The highest BCUT2D eigenvalue weighted by molar-refractivity contribution is 4.92. The second-order valence-corrected chi connectivity index (χ2v) is 5.81. The van der Waals surface area contributed by atoms with Crippen LogP contribution in [0.25, 0.3) is 0 Å². The zero-order chi connectivity index (χ0) is 12.9. The first kappa shape index (κ1) is 15.0. The van der Waals surface area contributed by atoms with Crippen LogP contribution in [0.2, 0.25) is 0 Å². The molecule has 0 radical (unpaired) electrons. The molecule has 102 valence electrons. The van der Waals surface area contributed by atoms with Crippen LogP contribution in [0.15, 0.2) is 0 Å². The Kier molecular flexibility index (Phi) is 5.94. The van der Waals surface area contributed by atoms with Crippen molar-refractivity contribution in [3.05, 3.63) is 0 Å². The summed E-state index contributed by atoms with van der Waals surface area (Å²) in [6.07, 6.45) is 6.54. The normalized spacial score (nSPS) is 22.2. The monoisotopic (exact) mass is 240 g/mol. The van der Waals surface area contributed by atoms with Crippen LogP contribution in [0.1, 0.15) is 59.8 Å². The average Bonchev–Trinajstić information content (AvgIpc) is 2.80. The molecule has 0 amide bonds. The number of rotatable bonds is 7. The second-order valence-electron chi connectivity index (χ2n) is 5.81. The SMILES string of the molecule is CCC(CC)C(CN)N1CCC(CC)(CC)C1. The maximum absolute atomic E-state index is 6.03. The molecule has 1 aliphatic heterocycles. The van der Waals surface area contributed by atoms with Crippen molar-refractivity contribution in [3.8, 4) is 0 Å². The highest BCUT2D eigenvalue weighted by Gasteiger charge is 2.38. The molecule has 1 saturated heterocycles. The topological polar surface area (TPSA) is 29.3 Å². The van der Waals surface area contributed by atoms with Gasteiger partial charge >= 0.3 is 0 Å². The van der Waals surface area contributed by atoms with Gasteiger partial charge in [-0.05, 0) is 37.1 Å². The molecule has 0 aromatic carbocycles. The molecule has 2 nitrogen and oxygen atoms in total. The van der Waals surface area contributed by atoms with Gasteiger partial charge in [0.15, 0.2) is 0 Å². The number of hydrogen-bond donors (Lipinski definition) is 1. The van der Waals surface area contributed by atoms with E-state index in [-0.39, 0.29) is 0 Å². The third kappa shape index (κ3) is 3.23. The summed E-state index contributed by atoms with van der Waals surface area (Å²) in [4.78, 5) is 2.69. The van der Waals surface area contributed by atoms with Gasteiger partial charge in [0, 0.05) is 19.1 Å². The van der Waals surface area contributed by atoms with E-state index < -0.39 is 0 Å². The Morgan fingerprint density at radius 3 is 2.06 bits per heavy atom. The molecular weight excluding hydrogens is 208 g/mol. The smallest absolute Gasteiger partial charge is 0.0246 e. The second kappa shape index (κ2) is 6.75. The van der Waals surface area contributed by atoms with Crippen LogP contribution >= 0.6 is 0 Å². The van der Waals surface area contributed by atoms with Crippen LogP contribution in [0.4, 0.5) is 0 Å². The zero-order valence-corrected chi connectivity index (χ0v) is 12.3. The van der Waals surface area contributed by atoms with Gasteiger partial charge < -0.3 is 5.73 Å². The fraction of sp³-hybridized carbons (Fsp3) is 1.00. The Balaban J connectivity index is 2.67. The summed E-state index contributed by atoms with van der Waals surface area (Å²) in [5.41, 5.74) is 6.62. The van der Waals surface area contributed by atoms with Crippen molar-refractivity contribution < 1.29 is 0 Å². The molecule has 0 aliphatic carbocycles. The molecule has 1 unspecified atom stereocenters. The number of nitrogens with zero attached hydrogens (tertiary/aromatic N) is 1. The summed E-state index contributed by atoms with van der Waals surface area (Å²) < 4.78 is 0. The van der Waals surface area contributed by atoms with Crippen LogP contribution in [-0.4, -0.2) is 30.6 Å².